The number of hydrogen-bond donors (Lipinski definition) is 1. The number of aliphatic hydroxyl groups is 1. The number of hydrogen-bond acceptors (Lipinski definition) is 3. The van der Waals surface area contributed by atoms with Gasteiger partial charge in [0.25, 0.3) is 11.7 Å². The van der Waals surface area contributed by atoms with E-state index in [1.807, 2.05) is 0 Å². The van der Waals surface area contributed by atoms with E-state index in [0.29, 0.717) is 35.3 Å². The van der Waals surface area contributed by atoms with Gasteiger partial charge in [-0.15, -0.1) is 0 Å². The smallest absolute Gasteiger partial charge is 0.288 e. The molecule has 6 heteroatoms. The standard InChI is InChI=1S/C14H17F2NO2S/c15-14(16)20-12-6-2-1-5-11(12)13(19)17-7-3-4-10(8-17)9-18/h1-2,5-6,10,14,18H,3-4,7-9H2. The van der Waals surface area contributed by atoms with E-state index in [2.05, 4.69) is 0 Å². The lowest BCUT2D eigenvalue weighted by Gasteiger charge is -2.32. The second-order valence-corrected chi connectivity index (χ2v) is 5.85. The largest absolute Gasteiger partial charge is 0.396 e. The molecule has 1 aliphatic rings. The number of benzene rings is 1. The Morgan fingerprint density at radius 1 is 1.45 bits per heavy atom. The van der Waals surface area contributed by atoms with Gasteiger partial charge in [0, 0.05) is 24.6 Å². The first kappa shape index (κ1) is 15.3. The number of alkyl halides is 2. The van der Waals surface area contributed by atoms with Crippen molar-refractivity contribution in [2.45, 2.75) is 23.5 Å². The first-order chi connectivity index (χ1) is 9.61. The molecule has 0 aliphatic carbocycles. The maximum absolute atomic E-state index is 12.5. The van der Waals surface area contributed by atoms with Crippen molar-refractivity contribution < 1.29 is 18.7 Å². The highest BCUT2D eigenvalue weighted by Gasteiger charge is 2.26. The highest BCUT2D eigenvalue weighted by molar-refractivity contribution is 7.99. The van der Waals surface area contributed by atoms with Gasteiger partial charge in [-0.1, -0.05) is 23.9 Å². The van der Waals surface area contributed by atoms with Crippen molar-refractivity contribution in [1.29, 1.82) is 0 Å². The third-order valence-electron chi connectivity index (χ3n) is 3.40. The molecule has 3 nitrogen and oxygen atoms in total. The molecular formula is C14H17F2NO2S. The fourth-order valence-electron chi connectivity index (χ4n) is 2.41. The molecule has 1 unspecified atom stereocenters. The molecule has 1 saturated heterocycles. The summed E-state index contributed by atoms with van der Waals surface area (Å²) in [5.41, 5.74) is 0.316. The lowest BCUT2D eigenvalue weighted by atomic mass is 9.98. The van der Waals surface area contributed by atoms with Gasteiger partial charge in [0.1, 0.15) is 0 Å². The molecule has 1 heterocycles. The average molecular weight is 301 g/mol. The fraction of sp³-hybridized carbons (Fsp3) is 0.500. The van der Waals surface area contributed by atoms with Crippen LogP contribution in [-0.2, 0) is 0 Å². The molecule has 0 radical (unpaired) electrons. The van der Waals surface area contributed by atoms with Crippen LogP contribution in [0.5, 0.6) is 0 Å². The number of halogens is 2. The summed E-state index contributed by atoms with van der Waals surface area (Å²) in [7, 11) is 0. The quantitative estimate of drug-likeness (QED) is 0.869. The average Bonchev–Trinajstić information content (AvgIpc) is 2.46. The summed E-state index contributed by atoms with van der Waals surface area (Å²) in [6.45, 7) is 1.16. The van der Waals surface area contributed by atoms with Gasteiger partial charge in [0.2, 0.25) is 0 Å². The molecule has 1 atom stereocenters. The Bertz CT molecular complexity index is 470. The van der Waals surface area contributed by atoms with Crippen LogP contribution in [0.1, 0.15) is 23.2 Å². The Balaban J connectivity index is 2.16. The molecule has 0 aromatic heterocycles. The van der Waals surface area contributed by atoms with Gasteiger partial charge in [-0.05, 0) is 30.9 Å². The summed E-state index contributed by atoms with van der Waals surface area (Å²) in [5.74, 6) is -2.69. The Morgan fingerprint density at radius 3 is 2.90 bits per heavy atom. The molecule has 1 amide bonds. The Labute approximate surface area is 121 Å². The first-order valence-electron chi connectivity index (χ1n) is 6.55. The molecule has 1 N–H and O–H groups in total. The van der Waals surface area contributed by atoms with E-state index in [-0.39, 0.29) is 18.4 Å². The monoisotopic (exact) mass is 301 g/mol. The predicted molar refractivity (Wildman–Crippen MR) is 74.0 cm³/mol. The van der Waals surface area contributed by atoms with Crippen LogP contribution in [0.2, 0.25) is 0 Å². The van der Waals surface area contributed by atoms with Crippen molar-refractivity contribution in [2.24, 2.45) is 5.92 Å². The molecule has 1 fully saturated rings. The fourth-order valence-corrected chi connectivity index (χ4v) is 3.04. The van der Waals surface area contributed by atoms with Crippen LogP contribution in [-0.4, -0.2) is 41.4 Å². The normalized spacial score (nSPS) is 19.4. The maximum Gasteiger partial charge on any atom is 0.288 e. The van der Waals surface area contributed by atoms with E-state index >= 15 is 0 Å². The van der Waals surface area contributed by atoms with Gasteiger partial charge < -0.3 is 10.0 Å². The van der Waals surface area contributed by atoms with Crippen LogP contribution >= 0.6 is 11.8 Å². The minimum atomic E-state index is -2.55. The topological polar surface area (TPSA) is 40.5 Å². The number of thioether (sulfide) groups is 1. The summed E-state index contributed by atoms with van der Waals surface area (Å²) in [5, 5.41) is 9.19. The van der Waals surface area contributed by atoms with Gasteiger partial charge >= 0.3 is 0 Å². The molecule has 1 aromatic rings. The molecule has 110 valence electrons. The number of aliphatic hydroxyl groups excluding tert-OH is 1. The minimum Gasteiger partial charge on any atom is -0.396 e. The van der Waals surface area contributed by atoms with Crippen LogP contribution in [0, 0.1) is 5.92 Å². The number of carbonyl (C=O) groups is 1. The second-order valence-electron chi connectivity index (χ2n) is 4.82. The third kappa shape index (κ3) is 3.70. The first-order valence-corrected chi connectivity index (χ1v) is 7.43. The van der Waals surface area contributed by atoms with Crippen molar-refractivity contribution in [3.05, 3.63) is 29.8 Å². The minimum absolute atomic E-state index is 0.0528. The van der Waals surface area contributed by atoms with Gasteiger partial charge in [-0.25, -0.2) is 0 Å². The summed E-state index contributed by atoms with van der Waals surface area (Å²) < 4.78 is 25.1. The van der Waals surface area contributed by atoms with Gasteiger partial charge in [0.15, 0.2) is 0 Å². The van der Waals surface area contributed by atoms with Crippen molar-refractivity contribution in [3.8, 4) is 0 Å². The Hall–Kier alpha value is -1.14. The zero-order valence-electron chi connectivity index (χ0n) is 11.0. The van der Waals surface area contributed by atoms with Crippen molar-refractivity contribution in [2.75, 3.05) is 19.7 Å². The SMILES string of the molecule is O=C(c1ccccc1SC(F)F)N1CCCC(CO)C1. The van der Waals surface area contributed by atoms with E-state index < -0.39 is 5.76 Å². The number of nitrogens with zero attached hydrogens (tertiary/aromatic N) is 1. The van der Waals surface area contributed by atoms with Crippen molar-refractivity contribution in [1.82, 2.24) is 4.90 Å². The number of piperidine rings is 1. The molecule has 0 spiro atoms. The van der Waals surface area contributed by atoms with Crippen molar-refractivity contribution in [3.63, 3.8) is 0 Å². The summed E-state index contributed by atoms with van der Waals surface area (Å²) in [6.07, 6.45) is 1.73. The molecule has 1 aromatic carbocycles. The van der Waals surface area contributed by atoms with Crippen LogP contribution in [0.3, 0.4) is 0 Å². The molecule has 20 heavy (non-hydrogen) atoms. The lowest BCUT2D eigenvalue weighted by molar-refractivity contribution is 0.0617. The number of likely N-dealkylation sites (tertiary alicyclic amines) is 1. The zero-order chi connectivity index (χ0) is 14.5. The third-order valence-corrected chi connectivity index (χ3v) is 4.19. The number of rotatable bonds is 4. The van der Waals surface area contributed by atoms with Crippen LogP contribution in [0.15, 0.2) is 29.2 Å². The molecule has 0 bridgehead atoms. The summed E-state index contributed by atoms with van der Waals surface area (Å²) >= 11 is 0.394. The van der Waals surface area contributed by atoms with E-state index in [4.69, 9.17) is 0 Å². The van der Waals surface area contributed by atoms with Gasteiger partial charge in [-0.2, -0.15) is 8.78 Å². The zero-order valence-corrected chi connectivity index (χ0v) is 11.8. The van der Waals surface area contributed by atoms with E-state index in [0.717, 1.165) is 12.8 Å². The molecule has 1 aliphatic heterocycles. The van der Waals surface area contributed by atoms with E-state index in [1.165, 1.54) is 6.07 Å². The van der Waals surface area contributed by atoms with E-state index in [9.17, 15) is 18.7 Å². The van der Waals surface area contributed by atoms with Gasteiger partial charge in [-0.3, -0.25) is 4.79 Å². The Morgan fingerprint density at radius 2 is 2.20 bits per heavy atom. The second kappa shape index (κ2) is 7.04. The van der Waals surface area contributed by atoms with Crippen LogP contribution in [0.25, 0.3) is 0 Å². The highest BCUT2D eigenvalue weighted by Crippen LogP contribution is 2.30. The van der Waals surface area contributed by atoms with E-state index in [1.54, 1.807) is 23.1 Å². The molecular weight excluding hydrogens is 284 g/mol. The number of carbonyl (C=O) groups excluding carboxylic acids is 1. The predicted octanol–water partition coefficient (Wildman–Crippen LogP) is 2.85. The summed E-state index contributed by atoms with van der Waals surface area (Å²) in [6, 6.07) is 6.44. The van der Waals surface area contributed by atoms with Crippen LogP contribution in [0.4, 0.5) is 8.78 Å². The molecule has 2 rings (SSSR count). The number of amides is 1. The van der Waals surface area contributed by atoms with Gasteiger partial charge in [0.05, 0.1) is 5.56 Å². The summed E-state index contributed by atoms with van der Waals surface area (Å²) in [4.78, 5) is 14.4. The highest BCUT2D eigenvalue weighted by atomic mass is 32.2. The maximum atomic E-state index is 12.5. The lowest BCUT2D eigenvalue weighted by Crippen LogP contribution is -2.41. The Kier molecular flexibility index (Phi) is 5.37. The van der Waals surface area contributed by atoms with Crippen LogP contribution < -0.4 is 0 Å². The molecule has 0 saturated carbocycles. The van der Waals surface area contributed by atoms with Crippen molar-refractivity contribution >= 4 is 17.7 Å².